The molecule has 1 saturated heterocycles. The van der Waals surface area contributed by atoms with Crippen LogP contribution < -0.4 is 10.2 Å². The van der Waals surface area contributed by atoms with Gasteiger partial charge in [-0.1, -0.05) is 11.6 Å². The molecule has 6 nitrogen and oxygen atoms in total. The second-order valence-corrected chi connectivity index (χ2v) is 10.6. The summed E-state index contributed by atoms with van der Waals surface area (Å²) in [5.74, 6) is 3.24. The molecule has 29 heavy (non-hydrogen) atoms. The maximum absolute atomic E-state index is 11.5. The van der Waals surface area contributed by atoms with E-state index in [0.29, 0.717) is 9.92 Å². The molecule has 1 aromatic carbocycles. The van der Waals surface area contributed by atoms with Crippen LogP contribution >= 0.6 is 11.6 Å². The van der Waals surface area contributed by atoms with Gasteiger partial charge in [0, 0.05) is 31.6 Å². The monoisotopic (exact) mass is 434 g/mol. The van der Waals surface area contributed by atoms with Gasteiger partial charge in [0.25, 0.3) is 0 Å². The Labute approximate surface area is 177 Å². The number of nitrogens with zero attached hydrogens (tertiary/aromatic N) is 3. The first-order valence-electron chi connectivity index (χ1n) is 10.2. The van der Waals surface area contributed by atoms with E-state index in [4.69, 9.17) is 11.6 Å². The molecule has 4 rings (SSSR count). The lowest BCUT2D eigenvalue weighted by atomic mass is 9.90. The summed E-state index contributed by atoms with van der Waals surface area (Å²) in [5.41, 5.74) is 0.978. The van der Waals surface area contributed by atoms with Gasteiger partial charge < -0.3 is 10.2 Å². The molecular weight excluding hydrogens is 408 g/mol. The fourth-order valence-corrected chi connectivity index (χ4v) is 5.13. The molecular formula is C21H27ClN4O2S. The topological polar surface area (TPSA) is 75.2 Å². The van der Waals surface area contributed by atoms with Gasteiger partial charge in [0.15, 0.2) is 9.84 Å². The summed E-state index contributed by atoms with van der Waals surface area (Å²) in [6, 6.07) is 7.01. The number of benzene rings is 1. The van der Waals surface area contributed by atoms with Gasteiger partial charge in [-0.15, -0.1) is 0 Å². The fraction of sp³-hybridized carbons (Fsp3) is 0.524. The van der Waals surface area contributed by atoms with Crippen molar-refractivity contribution >= 4 is 33.1 Å². The predicted molar refractivity (Wildman–Crippen MR) is 116 cm³/mol. The molecule has 1 aliphatic heterocycles. The van der Waals surface area contributed by atoms with Gasteiger partial charge in [0.2, 0.25) is 5.95 Å². The van der Waals surface area contributed by atoms with Crippen LogP contribution in [0.5, 0.6) is 0 Å². The Morgan fingerprint density at radius 3 is 2.41 bits per heavy atom. The minimum atomic E-state index is -3.13. The summed E-state index contributed by atoms with van der Waals surface area (Å²) in [7, 11) is -3.13. The van der Waals surface area contributed by atoms with Crippen molar-refractivity contribution in [3.8, 4) is 0 Å². The summed E-state index contributed by atoms with van der Waals surface area (Å²) < 4.78 is 23.0. The Balaban J connectivity index is 1.18. The molecule has 0 radical (unpaired) electrons. The van der Waals surface area contributed by atoms with E-state index >= 15 is 0 Å². The number of hydrogen-bond acceptors (Lipinski definition) is 6. The molecule has 2 atom stereocenters. The lowest BCUT2D eigenvalue weighted by Crippen LogP contribution is -2.35. The Morgan fingerprint density at radius 1 is 1.14 bits per heavy atom. The molecule has 2 heterocycles. The van der Waals surface area contributed by atoms with E-state index in [-0.39, 0.29) is 0 Å². The molecule has 0 unspecified atom stereocenters. The zero-order valence-electron chi connectivity index (χ0n) is 16.6. The SMILES string of the molecule is CS(=O)(=O)c1ccc(NCC[C@H]2C[C@@H]2C2CCN(c3ncc(Cl)cn3)CC2)cc1. The fourth-order valence-electron chi connectivity index (χ4n) is 4.40. The standard InChI is InChI=1S/C21H27ClN4O2S/c1-29(27,28)19-4-2-18(3-5-19)23-9-6-16-12-20(16)15-7-10-26(11-8-15)21-24-13-17(22)14-25-21/h2-5,13-16,20,23H,6-12H2,1H3/t16-,20+/m0/s1. The second kappa shape index (κ2) is 8.48. The number of rotatable bonds is 7. The number of piperidine rings is 1. The molecule has 1 saturated carbocycles. The Kier molecular flexibility index (Phi) is 5.97. The Morgan fingerprint density at radius 2 is 1.79 bits per heavy atom. The number of hydrogen-bond donors (Lipinski definition) is 1. The van der Waals surface area contributed by atoms with Crippen molar-refractivity contribution in [3.05, 3.63) is 41.7 Å². The van der Waals surface area contributed by atoms with Crippen LogP contribution in [0, 0.1) is 17.8 Å². The van der Waals surface area contributed by atoms with E-state index in [1.807, 2.05) is 12.1 Å². The third-order valence-corrected chi connectivity index (χ3v) is 7.46. The van der Waals surface area contributed by atoms with Crippen molar-refractivity contribution in [1.29, 1.82) is 0 Å². The smallest absolute Gasteiger partial charge is 0.225 e. The summed E-state index contributed by atoms with van der Waals surface area (Å²) in [5, 5.41) is 3.99. The molecule has 1 aromatic heterocycles. The van der Waals surface area contributed by atoms with Crippen molar-refractivity contribution in [1.82, 2.24) is 9.97 Å². The van der Waals surface area contributed by atoms with Gasteiger partial charge in [-0.3, -0.25) is 0 Å². The molecule has 156 valence electrons. The minimum Gasteiger partial charge on any atom is -0.385 e. The average Bonchev–Trinajstić information content (AvgIpc) is 3.48. The van der Waals surface area contributed by atoms with E-state index < -0.39 is 9.84 Å². The normalized spacial score (nSPS) is 22.5. The molecule has 1 N–H and O–H groups in total. The zero-order valence-corrected chi connectivity index (χ0v) is 18.2. The number of sulfone groups is 1. The molecule has 2 aromatic rings. The molecule has 0 bridgehead atoms. The number of nitrogens with one attached hydrogen (secondary N) is 1. The highest BCUT2D eigenvalue weighted by Gasteiger charge is 2.43. The molecule has 8 heteroatoms. The molecule has 1 aliphatic carbocycles. The third-order valence-electron chi connectivity index (χ3n) is 6.14. The summed E-state index contributed by atoms with van der Waals surface area (Å²) in [6.07, 6.45) is 9.45. The van der Waals surface area contributed by atoms with Crippen LogP contribution in [0.1, 0.15) is 25.7 Å². The molecule has 2 fully saturated rings. The molecule has 0 spiro atoms. The number of aromatic nitrogens is 2. The van der Waals surface area contributed by atoms with Crippen LogP contribution in [0.2, 0.25) is 5.02 Å². The van der Waals surface area contributed by atoms with Crippen molar-refractivity contribution in [2.75, 3.05) is 36.1 Å². The van der Waals surface area contributed by atoms with Crippen LogP contribution in [0.3, 0.4) is 0 Å². The first-order valence-corrected chi connectivity index (χ1v) is 12.4. The minimum absolute atomic E-state index is 0.362. The largest absolute Gasteiger partial charge is 0.385 e. The third kappa shape index (κ3) is 5.20. The van der Waals surface area contributed by atoms with Gasteiger partial charge in [0.1, 0.15) is 0 Å². The maximum atomic E-state index is 11.5. The lowest BCUT2D eigenvalue weighted by Gasteiger charge is -2.32. The number of anilines is 2. The van der Waals surface area contributed by atoms with Crippen LogP contribution in [-0.2, 0) is 9.84 Å². The van der Waals surface area contributed by atoms with E-state index in [0.717, 1.165) is 49.0 Å². The van der Waals surface area contributed by atoms with E-state index in [1.54, 1.807) is 24.5 Å². The highest BCUT2D eigenvalue weighted by Crippen LogP contribution is 2.49. The van der Waals surface area contributed by atoms with Crippen LogP contribution in [0.25, 0.3) is 0 Å². The van der Waals surface area contributed by atoms with E-state index in [2.05, 4.69) is 20.2 Å². The maximum Gasteiger partial charge on any atom is 0.225 e. The van der Waals surface area contributed by atoms with Gasteiger partial charge >= 0.3 is 0 Å². The lowest BCUT2D eigenvalue weighted by molar-refractivity contribution is 0.343. The van der Waals surface area contributed by atoms with Gasteiger partial charge in [-0.05, 0) is 67.7 Å². The molecule has 2 aliphatic rings. The second-order valence-electron chi connectivity index (χ2n) is 8.20. The molecule has 0 amide bonds. The number of halogens is 1. The summed E-state index contributed by atoms with van der Waals surface area (Å²) in [6.45, 7) is 2.96. The first-order chi connectivity index (χ1) is 13.9. The van der Waals surface area contributed by atoms with Crippen molar-refractivity contribution < 1.29 is 8.42 Å². The Bertz CT molecular complexity index is 926. The summed E-state index contributed by atoms with van der Waals surface area (Å²) in [4.78, 5) is 11.3. The first kappa shape index (κ1) is 20.4. The Hall–Kier alpha value is -1.86. The van der Waals surface area contributed by atoms with Crippen molar-refractivity contribution in [2.24, 2.45) is 17.8 Å². The van der Waals surface area contributed by atoms with Crippen LogP contribution in [0.15, 0.2) is 41.6 Å². The van der Waals surface area contributed by atoms with E-state index in [9.17, 15) is 8.42 Å². The van der Waals surface area contributed by atoms with Gasteiger partial charge in [-0.25, -0.2) is 18.4 Å². The zero-order chi connectivity index (χ0) is 20.4. The summed E-state index contributed by atoms with van der Waals surface area (Å²) >= 11 is 5.87. The average molecular weight is 435 g/mol. The van der Waals surface area contributed by atoms with Crippen LogP contribution in [-0.4, -0.2) is 44.3 Å². The highest BCUT2D eigenvalue weighted by molar-refractivity contribution is 7.90. The van der Waals surface area contributed by atoms with E-state index in [1.165, 1.54) is 31.9 Å². The predicted octanol–water partition coefficient (Wildman–Crippen LogP) is 3.89. The van der Waals surface area contributed by atoms with Crippen LogP contribution in [0.4, 0.5) is 11.6 Å². The van der Waals surface area contributed by atoms with Gasteiger partial charge in [0.05, 0.1) is 22.3 Å². The van der Waals surface area contributed by atoms with Gasteiger partial charge in [-0.2, -0.15) is 0 Å². The highest BCUT2D eigenvalue weighted by atomic mass is 35.5. The van der Waals surface area contributed by atoms with Crippen molar-refractivity contribution in [2.45, 2.75) is 30.6 Å². The quantitative estimate of drug-likeness (QED) is 0.712. The van der Waals surface area contributed by atoms with Crippen molar-refractivity contribution in [3.63, 3.8) is 0 Å².